The largest absolute Gasteiger partial charge is 0.378 e. The van der Waals surface area contributed by atoms with Gasteiger partial charge in [-0.25, -0.2) is 0 Å². The molecular formula is C16H34N2O. The number of nitrogens with one attached hydrogen (secondary N) is 2. The summed E-state index contributed by atoms with van der Waals surface area (Å²) in [7, 11) is 0. The van der Waals surface area contributed by atoms with Crippen molar-refractivity contribution < 1.29 is 4.74 Å². The predicted molar refractivity (Wildman–Crippen MR) is 82.7 cm³/mol. The van der Waals surface area contributed by atoms with E-state index in [1.165, 1.54) is 57.9 Å². The summed E-state index contributed by atoms with van der Waals surface area (Å²) in [6.07, 6.45) is 12.3. The summed E-state index contributed by atoms with van der Waals surface area (Å²) in [6.45, 7) is 7.74. The molecule has 1 aliphatic rings. The van der Waals surface area contributed by atoms with Crippen LogP contribution in [0, 0.1) is 0 Å². The first-order valence-electron chi connectivity index (χ1n) is 8.46. The third-order valence-corrected chi connectivity index (χ3v) is 3.84. The molecule has 1 heterocycles. The molecule has 0 amide bonds. The first-order chi connectivity index (χ1) is 9.43. The second-order valence-corrected chi connectivity index (χ2v) is 5.69. The Balaban J connectivity index is 1.71. The Bertz CT molecular complexity index is 182. The van der Waals surface area contributed by atoms with E-state index in [0.29, 0.717) is 6.10 Å². The summed E-state index contributed by atoms with van der Waals surface area (Å²) < 4.78 is 5.87. The highest BCUT2D eigenvalue weighted by Crippen LogP contribution is 2.07. The second-order valence-electron chi connectivity index (χ2n) is 5.69. The lowest BCUT2D eigenvalue weighted by atomic mass is 10.1. The van der Waals surface area contributed by atoms with Crippen LogP contribution in [0.2, 0.25) is 0 Å². The van der Waals surface area contributed by atoms with Gasteiger partial charge >= 0.3 is 0 Å². The molecule has 3 nitrogen and oxygen atoms in total. The zero-order valence-electron chi connectivity index (χ0n) is 12.9. The molecule has 0 bridgehead atoms. The van der Waals surface area contributed by atoms with Crippen LogP contribution in [0.15, 0.2) is 0 Å². The molecule has 1 aliphatic heterocycles. The molecule has 0 aliphatic carbocycles. The zero-order chi connectivity index (χ0) is 13.6. The van der Waals surface area contributed by atoms with E-state index in [9.17, 15) is 0 Å². The number of hydrogen-bond acceptors (Lipinski definition) is 3. The SMILES string of the molecule is CCCCCCCCNCCCOC1CCNCC1. The van der Waals surface area contributed by atoms with Gasteiger partial charge in [0.2, 0.25) is 0 Å². The van der Waals surface area contributed by atoms with Crippen LogP contribution in [0.3, 0.4) is 0 Å². The van der Waals surface area contributed by atoms with Crippen molar-refractivity contribution in [2.75, 3.05) is 32.8 Å². The van der Waals surface area contributed by atoms with E-state index in [1.54, 1.807) is 0 Å². The quantitative estimate of drug-likeness (QED) is 0.535. The number of rotatable bonds is 12. The minimum absolute atomic E-state index is 0.514. The molecular weight excluding hydrogens is 236 g/mol. The maximum atomic E-state index is 5.87. The lowest BCUT2D eigenvalue weighted by molar-refractivity contribution is 0.0318. The van der Waals surface area contributed by atoms with Gasteiger partial charge in [0, 0.05) is 6.61 Å². The maximum Gasteiger partial charge on any atom is 0.0599 e. The van der Waals surface area contributed by atoms with E-state index in [4.69, 9.17) is 4.74 Å². The Morgan fingerprint density at radius 1 is 0.947 bits per heavy atom. The van der Waals surface area contributed by atoms with Gasteiger partial charge in [0.05, 0.1) is 6.10 Å². The van der Waals surface area contributed by atoms with E-state index >= 15 is 0 Å². The van der Waals surface area contributed by atoms with Crippen molar-refractivity contribution in [3.63, 3.8) is 0 Å². The monoisotopic (exact) mass is 270 g/mol. The molecule has 3 heteroatoms. The van der Waals surface area contributed by atoms with Gasteiger partial charge in [0.25, 0.3) is 0 Å². The van der Waals surface area contributed by atoms with Gasteiger partial charge < -0.3 is 15.4 Å². The summed E-state index contributed by atoms with van der Waals surface area (Å²) in [5.74, 6) is 0. The molecule has 0 aromatic rings. The van der Waals surface area contributed by atoms with Crippen molar-refractivity contribution in [2.24, 2.45) is 0 Å². The third kappa shape index (κ3) is 10.3. The predicted octanol–water partition coefficient (Wildman–Crippen LogP) is 3.10. The van der Waals surface area contributed by atoms with Crippen LogP contribution in [0.4, 0.5) is 0 Å². The molecule has 0 aromatic heterocycles. The molecule has 0 aromatic carbocycles. The number of ether oxygens (including phenoxy) is 1. The number of unbranched alkanes of at least 4 members (excludes halogenated alkanes) is 5. The van der Waals surface area contributed by atoms with Crippen LogP contribution in [0.1, 0.15) is 64.7 Å². The van der Waals surface area contributed by atoms with Crippen LogP contribution >= 0.6 is 0 Å². The fraction of sp³-hybridized carbons (Fsp3) is 1.00. The summed E-state index contributed by atoms with van der Waals surface area (Å²) in [6, 6.07) is 0. The minimum atomic E-state index is 0.514. The molecule has 0 radical (unpaired) electrons. The van der Waals surface area contributed by atoms with Gasteiger partial charge in [0.1, 0.15) is 0 Å². The molecule has 2 N–H and O–H groups in total. The minimum Gasteiger partial charge on any atom is -0.378 e. The molecule has 1 rings (SSSR count). The zero-order valence-corrected chi connectivity index (χ0v) is 12.9. The van der Waals surface area contributed by atoms with E-state index in [2.05, 4.69) is 17.6 Å². The van der Waals surface area contributed by atoms with Crippen LogP contribution < -0.4 is 10.6 Å². The number of hydrogen-bond donors (Lipinski definition) is 2. The van der Waals surface area contributed by atoms with Gasteiger partial charge in [-0.1, -0.05) is 39.0 Å². The highest BCUT2D eigenvalue weighted by Gasteiger charge is 2.12. The molecule has 0 saturated carbocycles. The van der Waals surface area contributed by atoms with Crippen LogP contribution in [0.25, 0.3) is 0 Å². The highest BCUT2D eigenvalue weighted by molar-refractivity contribution is 4.68. The van der Waals surface area contributed by atoms with Gasteiger partial charge in [-0.15, -0.1) is 0 Å². The first kappa shape index (κ1) is 16.9. The molecule has 1 fully saturated rings. The molecule has 0 unspecified atom stereocenters. The molecule has 114 valence electrons. The lowest BCUT2D eigenvalue weighted by Crippen LogP contribution is -2.33. The van der Waals surface area contributed by atoms with Crippen LogP contribution in [-0.2, 0) is 4.74 Å². The normalized spacial score (nSPS) is 16.9. The molecule has 0 atom stereocenters. The van der Waals surface area contributed by atoms with Gasteiger partial charge in [-0.3, -0.25) is 0 Å². The van der Waals surface area contributed by atoms with Gasteiger partial charge in [-0.05, 0) is 51.9 Å². The van der Waals surface area contributed by atoms with E-state index < -0.39 is 0 Å². The van der Waals surface area contributed by atoms with Crippen molar-refractivity contribution in [3.8, 4) is 0 Å². The van der Waals surface area contributed by atoms with Crippen molar-refractivity contribution >= 4 is 0 Å². The average Bonchev–Trinajstić information content (AvgIpc) is 2.46. The van der Waals surface area contributed by atoms with Crippen LogP contribution in [0.5, 0.6) is 0 Å². The third-order valence-electron chi connectivity index (χ3n) is 3.84. The highest BCUT2D eigenvalue weighted by atomic mass is 16.5. The fourth-order valence-corrected chi connectivity index (χ4v) is 2.56. The lowest BCUT2D eigenvalue weighted by Gasteiger charge is -2.22. The second kappa shape index (κ2) is 12.9. The summed E-state index contributed by atoms with van der Waals surface area (Å²) >= 11 is 0. The fourth-order valence-electron chi connectivity index (χ4n) is 2.56. The summed E-state index contributed by atoms with van der Waals surface area (Å²) in [5, 5.41) is 6.89. The number of piperidine rings is 1. The Hall–Kier alpha value is -0.120. The topological polar surface area (TPSA) is 33.3 Å². The average molecular weight is 270 g/mol. The van der Waals surface area contributed by atoms with Crippen molar-refractivity contribution in [1.82, 2.24) is 10.6 Å². The van der Waals surface area contributed by atoms with Crippen molar-refractivity contribution in [1.29, 1.82) is 0 Å². The molecule has 1 saturated heterocycles. The Kier molecular flexibility index (Phi) is 11.5. The standard InChI is InChI=1S/C16H34N2O/c1-2-3-4-5-6-7-11-17-12-8-15-19-16-9-13-18-14-10-16/h16-18H,2-15H2,1H3. The summed E-state index contributed by atoms with van der Waals surface area (Å²) in [5.41, 5.74) is 0. The smallest absolute Gasteiger partial charge is 0.0599 e. The van der Waals surface area contributed by atoms with Crippen molar-refractivity contribution in [2.45, 2.75) is 70.8 Å². The maximum absolute atomic E-state index is 5.87. The summed E-state index contributed by atoms with van der Waals surface area (Å²) in [4.78, 5) is 0. The molecule has 19 heavy (non-hydrogen) atoms. The Labute approximate surface area is 119 Å². The van der Waals surface area contributed by atoms with Crippen LogP contribution in [-0.4, -0.2) is 38.9 Å². The van der Waals surface area contributed by atoms with E-state index in [0.717, 1.165) is 32.7 Å². The van der Waals surface area contributed by atoms with E-state index in [-0.39, 0.29) is 0 Å². The Morgan fingerprint density at radius 3 is 2.42 bits per heavy atom. The molecule has 0 spiro atoms. The van der Waals surface area contributed by atoms with Gasteiger partial charge in [-0.2, -0.15) is 0 Å². The Morgan fingerprint density at radius 2 is 1.63 bits per heavy atom. The first-order valence-corrected chi connectivity index (χ1v) is 8.46. The van der Waals surface area contributed by atoms with Crippen molar-refractivity contribution in [3.05, 3.63) is 0 Å². The van der Waals surface area contributed by atoms with Gasteiger partial charge in [0.15, 0.2) is 0 Å². The van der Waals surface area contributed by atoms with E-state index in [1.807, 2.05) is 0 Å².